The molecule has 3 amide bonds. The summed E-state index contributed by atoms with van der Waals surface area (Å²) in [7, 11) is 0. The fraction of sp³-hybridized carbons (Fsp3) is 0.222. The lowest BCUT2D eigenvalue weighted by atomic mass is 10.1. The Morgan fingerprint density at radius 2 is 1.52 bits per heavy atom. The Morgan fingerprint density at radius 3 is 2.21 bits per heavy atom. The van der Waals surface area contributed by atoms with Gasteiger partial charge in [-0.3, -0.25) is 14.4 Å². The summed E-state index contributed by atoms with van der Waals surface area (Å²) < 4.78 is 0. The number of hydrogen-bond donors (Lipinski definition) is 2. The molecule has 3 aromatic rings. The number of carbonyl (C=O) groups is 3. The number of aryl methyl sites for hydroxylation is 3. The molecule has 0 aliphatic carbocycles. The van der Waals surface area contributed by atoms with Gasteiger partial charge in [0.1, 0.15) is 0 Å². The lowest BCUT2D eigenvalue weighted by molar-refractivity contribution is -0.122. The van der Waals surface area contributed by atoms with Gasteiger partial charge in [0.05, 0.1) is 17.2 Å². The summed E-state index contributed by atoms with van der Waals surface area (Å²) in [6, 6.07) is 20.4. The van der Waals surface area contributed by atoms with Crippen molar-refractivity contribution in [3.63, 3.8) is 0 Å². The molecular formula is C27H27N3O3. The van der Waals surface area contributed by atoms with E-state index in [4.69, 9.17) is 0 Å². The smallest absolute Gasteiger partial charge is 0.257 e. The predicted octanol–water partition coefficient (Wildman–Crippen LogP) is 4.86. The van der Waals surface area contributed by atoms with E-state index in [0.717, 1.165) is 28.1 Å². The number of benzene rings is 3. The highest BCUT2D eigenvalue weighted by molar-refractivity contribution is 6.11. The first kappa shape index (κ1) is 22.3. The van der Waals surface area contributed by atoms with E-state index >= 15 is 0 Å². The van der Waals surface area contributed by atoms with Crippen molar-refractivity contribution in [2.75, 3.05) is 22.1 Å². The van der Waals surface area contributed by atoms with Crippen LogP contribution in [-0.4, -0.2) is 24.3 Å². The summed E-state index contributed by atoms with van der Waals surface area (Å²) in [5, 5.41) is 5.84. The zero-order chi connectivity index (χ0) is 23.5. The minimum Gasteiger partial charge on any atom is -0.325 e. The summed E-state index contributed by atoms with van der Waals surface area (Å²) in [6.07, 6.45) is 0.135. The van der Waals surface area contributed by atoms with E-state index in [1.165, 1.54) is 0 Å². The van der Waals surface area contributed by atoms with Crippen LogP contribution in [0.15, 0.2) is 66.7 Å². The van der Waals surface area contributed by atoms with Crippen LogP contribution in [0.5, 0.6) is 0 Å². The van der Waals surface area contributed by atoms with Crippen LogP contribution in [0.4, 0.5) is 17.1 Å². The summed E-state index contributed by atoms with van der Waals surface area (Å²) in [5.41, 5.74) is 5.38. The van der Waals surface area contributed by atoms with Crippen molar-refractivity contribution in [2.24, 2.45) is 5.92 Å². The monoisotopic (exact) mass is 441 g/mol. The summed E-state index contributed by atoms with van der Waals surface area (Å²) >= 11 is 0. The summed E-state index contributed by atoms with van der Waals surface area (Å²) in [6.45, 7) is 6.17. The number of para-hydroxylation sites is 2. The molecule has 0 unspecified atom stereocenters. The Kier molecular flexibility index (Phi) is 6.27. The molecule has 0 spiro atoms. The first-order chi connectivity index (χ1) is 15.8. The molecule has 3 aromatic carbocycles. The van der Waals surface area contributed by atoms with E-state index in [1.807, 2.05) is 63.2 Å². The van der Waals surface area contributed by atoms with Crippen molar-refractivity contribution in [3.8, 4) is 0 Å². The Hall–Kier alpha value is -3.93. The molecule has 0 saturated carbocycles. The highest BCUT2D eigenvalue weighted by atomic mass is 16.2. The van der Waals surface area contributed by atoms with Gasteiger partial charge in [-0.25, -0.2) is 0 Å². The lowest BCUT2D eigenvalue weighted by Crippen LogP contribution is -2.28. The van der Waals surface area contributed by atoms with Gasteiger partial charge in [0.2, 0.25) is 11.8 Å². The third kappa shape index (κ3) is 4.80. The minimum absolute atomic E-state index is 0.0833. The van der Waals surface area contributed by atoms with Gasteiger partial charge in [-0.15, -0.1) is 0 Å². The van der Waals surface area contributed by atoms with Gasteiger partial charge in [0.15, 0.2) is 0 Å². The maximum atomic E-state index is 13.0. The van der Waals surface area contributed by atoms with Crippen LogP contribution in [0.3, 0.4) is 0 Å². The fourth-order valence-corrected chi connectivity index (χ4v) is 4.07. The fourth-order valence-electron chi connectivity index (χ4n) is 4.07. The molecule has 4 rings (SSSR count). The van der Waals surface area contributed by atoms with Gasteiger partial charge in [0, 0.05) is 24.3 Å². The lowest BCUT2D eigenvalue weighted by Gasteiger charge is -2.18. The molecule has 1 aliphatic heterocycles. The van der Waals surface area contributed by atoms with Gasteiger partial charge in [-0.05, 0) is 56.2 Å². The number of nitrogens with one attached hydrogen (secondary N) is 2. The second-order valence-electron chi connectivity index (χ2n) is 8.50. The summed E-state index contributed by atoms with van der Waals surface area (Å²) in [4.78, 5) is 40.2. The minimum atomic E-state index is -0.492. The predicted molar refractivity (Wildman–Crippen MR) is 131 cm³/mol. The third-order valence-electron chi connectivity index (χ3n) is 5.99. The zero-order valence-corrected chi connectivity index (χ0v) is 19.0. The molecule has 1 aliphatic rings. The average molecular weight is 442 g/mol. The maximum absolute atomic E-state index is 13.0. The molecule has 1 saturated heterocycles. The van der Waals surface area contributed by atoms with Crippen LogP contribution in [0, 0.1) is 26.7 Å². The van der Waals surface area contributed by atoms with Crippen LogP contribution in [0.1, 0.15) is 33.5 Å². The van der Waals surface area contributed by atoms with Crippen LogP contribution in [0.25, 0.3) is 0 Å². The Morgan fingerprint density at radius 1 is 0.848 bits per heavy atom. The van der Waals surface area contributed by atoms with Crippen LogP contribution >= 0.6 is 0 Å². The van der Waals surface area contributed by atoms with E-state index in [9.17, 15) is 14.4 Å². The Balaban J connectivity index is 1.49. The number of rotatable bonds is 5. The number of amides is 3. The van der Waals surface area contributed by atoms with E-state index < -0.39 is 5.92 Å². The Labute approximate surface area is 193 Å². The van der Waals surface area contributed by atoms with Crippen molar-refractivity contribution < 1.29 is 14.4 Å². The second kappa shape index (κ2) is 9.28. The summed E-state index contributed by atoms with van der Waals surface area (Å²) in [5.74, 6) is -1.15. The van der Waals surface area contributed by atoms with Crippen molar-refractivity contribution in [1.29, 1.82) is 0 Å². The topological polar surface area (TPSA) is 78.5 Å². The standard InChI is InChI=1S/C27H27N3O3/c1-17-11-13-21(14-12-17)30-16-20(15-24(30)31)26(32)28-23-10-5-4-9-22(23)27(33)29-25-18(2)7-6-8-19(25)3/h4-14,20H,15-16H2,1-3H3,(H,28,32)(H,29,33)/t20-/m1/s1. The van der Waals surface area contributed by atoms with Gasteiger partial charge < -0.3 is 15.5 Å². The van der Waals surface area contributed by atoms with E-state index in [-0.39, 0.29) is 24.1 Å². The van der Waals surface area contributed by atoms with E-state index in [0.29, 0.717) is 17.8 Å². The quantitative estimate of drug-likeness (QED) is 0.594. The van der Waals surface area contributed by atoms with Crippen molar-refractivity contribution in [3.05, 3.63) is 89.0 Å². The van der Waals surface area contributed by atoms with Gasteiger partial charge in [-0.1, -0.05) is 48.0 Å². The molecule has 0 radical (unpaired) electrons. The highest BCUT2D eigenvalue weighted by Gasteiger charge is 2.35. The normalized spacial score (nSPS) is 15.4. The van der Waals surface area contributed by atoms with Crippen molar-refractivity contribution in [1.82, 2.24) is 0 Å². The highest BCUT2D eigenvalue weighted by Crippen LogP contribution is 2.27. The second-order valence-corrected chi connectivity index (χ2v) is 8.50. The molecule has 1 atom stereocenters. The van der Waals surface area contributed by atoms with Crippen molar-refractivity contribution in [2.45, 2.75) is 27.2 Å². The molecular weight excluding hydrogens is 414 g/mol. The Bertz CT molecular complexity index is 1200. The van der Waals surface area contributed by atoms with E-state index in [1.54, 1.807) is 29.2 Å². The van der Waals surface area contributed by atoms with E-state index in [2.05, 4.69) is 10.6 Å². The van der Waals surface area contributed by atoms with Crippen LogP contribution in [-0.2, 0) is 9.59 Å². The maximum Gasteiger partial charge on any atom is 0.257 e. The number of anilines is 3. The van der Waals surface area contributed by atoms with Crippen molar-refractivity contribution >= 4 is 34.8 Å². The zero-order valence-electron chi connectivity index (χ0n) is 19.0. The molecule has 6 heteroatoms. The first-order valence-corrected chi connectivity index (χ1v) is 11.0. The SMILES string of the molecule is Cc1ccc(N2C[C@H](C(=O)Nc3ccccc3C(=O)Nc3c(C)cccc3C)CC2=O)cc1. The third-order valence-corrected chi connectivity index (χ3v) is 5.99. The number of nitrogens with zero attached hydrogens (tertiary/aromatic N) is 1. The molecule has 0 bridgehead atoms. The van der Waals surface area contributed by atoms with Crippen LogP contribution in [0.2, 0.25) is 0 Å². The van der Waals surface area contributed by atoms with Gasteiger partial charge in [-0.2, -0.15) is 0 Å². The molecule has 2 N–H and O–H groups in total. The molecule has 6 nitrogen and oxygen atoms in total. The van der Waals surface area contributed by atoms with Gasteiger partial charge >= 0.3 is 0 Å². The molecule has 168 valence electrons. The molecule has 0 aromatic heterocycles. The molecule has 1 fully saturated rings. The molecule has 33 heavy (non-hydrogen) atoms. The largest absolute Gasteiger partial charge is 0.325 e. The average Bonchev–Trinajstić information content (AvgIpc) is 3.19. The number of hydrogen-bond acceptors (Lipinski definition) is 3. The van der Waals surface area contributed by atoms with Crippen LogP contribution < -0.4 is 15.5 Å². The molecule has 1 heterocycles. The first-order valence-electron chi connectivity index (χ1n) is 11.0. The number of carbonyl (C=O) groups excluding carboxylic acids is 3. The van der Waals surface area contributed by atoms with Gasteiger partial charge in [0.25, 0.3) is 5.91 Å².